The van der Waals surface area contributed by atoms with E-state index in [0.29, 0.717) is 22.7 Å². The lowest BCUT2D eigenvalue weighted by atomic mass is 9.97. The lowest BCUT2D eigenvalue weighted by Gasteiger charge is -2.11. The van der Waals surface area contributed by atoms with Crippen LogP contribution in [0.4, 0.5) is 0 Å². The predicted octanol–water partition coefficient (Wildman–Crippen LogP) is 6.99. The number of ether oxygens (including phenoxy) is 1. The number of esters is 1. The number of aromatic hydroxyl groups is 1. The minimum absolute atomic E-state index is 0.146. The van der Waals surface area contributed by atoms with Crippen LogP contribution in [0.15, 0.2) is 95.8 Å². The molecule has 5 nitrogen and oxygen atoms in total. The summed E-state index contributed by atoms with van der Waals surface area (Å²) in [6.45, 7) is 2.10. The molecule has 1 aromatic heterocycles. The van der Waals surface area contributed by atoms with Crippen molar-refractivity contribution in [1.82, 2.24) is 4.98 Å². The number of nitrogens with one attached hydrogen (secondary N) is 1. The van der Waals surface area contributed by atoms with Crippen LogP contribution in [-0.2, 0) is 16.0 Å². The summed E-state index contributed by atoms with van der Waals surface area (Å²) in [7, 11) is 0. The Hall–Kier alpha value is -4.35. The number of pyridine rings is 1. The number of benzene rings is 4. The Kier molecular flexibility index (Phi) is 6.80. The van der Waals surface area contributed by atoms with Gasteiger partial charge in [0.25, 0.3) is 5.56 Å². The number of aromatic nitrogens is 1. The first kappa shape index (κ1) is 24.3. The van der Waals surface area contributed by atoms with Crippen LogP contribution in [0.3, 0.4) is 0 Å². The zero-order valence-corrected chi connectivity index (χ0v) is 20.9. The van der Waals surface area contributed by atoms with E-state index in [2.05, 4.69) is 4.98 Å². The van der Waals surface area contributed by atoms with Gasteiger partial charge in [-0.05, 0) is 70.5 Å². The van der Waals surface area contributed by atoms with Crippen LogP contribution in [0.2, 0.25) is 5.02 Å². The first-order valence-electron chi connectivity index (χ1n) is 11.9. The van der Waals surface area contributed by atoms with Gasteiger partial charge in [-0.2, -0.15) is 0 Å². The van der Waals surface area contributed by atoms with E-state index in [1.54, 1.807) is 25.1 Å². The van der Waals surface area contributed by atoms with Crippen molar-refractivity contribution < 1.29 is 14.6 Å². The highest BCUT2D eigenvalue weighted by molar-refractivity contribution is 6.34. The van der Waals surface area contributed by atoms with Gasteiger partial charge in [0.05, 0.1) is 18.1 Å². The van der Waals surface area contributed by atoms with Crippen molar-refractivity contribution in [1.29, 1.82) is 0 Å². The van der Waals surface area contributed by atoms with Gasteiger partial charge in [-0.3, -0.25) is 9.59 Å². The first-order valence-corrected chi connectivity index (χ1v) is 12.3. The lowest BCUT2D eigenvalue weighted by Crippen LogP contribution is -2.10. The smallest absolute Gasteiger partial charge is 0.310 e. The molecule has 0 saturated carbocycles. The van der Waals surface area contributed by atoms with E-state index in [1.807, 2.05) is 72.8 Å². The van der Waals surface area contributed by atoms with Gasteiger partial charge < -0.3 is 14.8 Å². The first-order chi connectivity index (χ1) is 17.9. The number of phenols is 1. The van der Waals surface area contributed by atoms with Gasteiger partial charge in [-0.25, -0.2) is 0 Å². The monoisotopic (exact) mass is 509 g/mol. The Morgan fingerprint density at radius 1 is 0.838 bits per heavy atom. The fourth-order valence-electron chi connectivity index (χ4n) is 4.39. The number of hydrogen-bond donors (Lipinski definition) is 2. The number of aromatic amines is 1. The van der Waals surface area contributed by atoms with Crippen LogP contribution < -0.4 is 5.56 Å². The van der Waals surface area contributed by atoms with Gasteiger partial charge in [0.15, 0.2) is 0 Å². The van der Waals surface area contributed by atoms with Crippen molar-refractivity contribution >= 4 is 28.5 Å². The average Bonchev–Trinajstić information content (AvgIpc) is 2.89. The second-order valence-corrected chi connectivity index (χ2v) is 9.15. The highest BCUT2D eigenvalue weighted by Crippen LogP contribution is 2.34. The molecule has 0 amide bonds. The zero-order chi connectivity index (χ0) is 25.9. The van der Waals surface area contributed by atoms with Crippen LogP contribution in [0.5, 0.6) is 5.75 Å². The Balaban J connectivity index is 1.51. The van der Waals surface area contributed by atoms with Crippen molar-refractivity contribution in [2.24, 2.45) is 0 Å². The largest absolute Gasteiger partial charge is 0.508 e. The minimum Gasteiger partial charge on any atom is -0.508 e. The highest BCUT2D eigenvalue weighted by atomic mass is 35.5. The number of phenolic OH excluding ortho intramolecular Hbond substituents is 1. The number of H-pyrrole nitrogens is 1. The molecule has 0 aliphatic rings. The summed E-state index contributed by atoms with van der Waals surface area (Å²) in [6, 6.07) is 28.0. The summed E-state index contributed by atoms with van der Waals surface area (Å²) in [5.74, 6) is -0.0748. The molecular weight excluding hydrogens is 486 g/mol. The van der Waals surface area contributed by atoms with Crippen molar-refractivity contribution in [2.75, 3.05) is 6.61 Å². The van der Waals surface area contributed by atoms with Gasteiger partial charge >= 0.3 is 5.97 Å². The second kappa shape index (κ2) is 10.3. The molecular formula is C31H24ClNO4. The Labute approximate surface area is 218 Å². The maximum Gasteiger partial charge on any atom is 0.310 e. The number of fused-ring (bicyclic) bond motifs is 1. The standard InChI is InChI=1S/C31H24ClNO4/c1-2-37-30(35)15-19-4-3-5-23(14-19)27-17-24-16-26(28(32)18-29(24)33-31(27)36)22-8-6-20(7-9-22)21-10-12-25(34)13-11-21/h3-14,16-18,34H,2,15H2,1H3,(H,33,36). The van der Waals surface area contributed by atoms with Crippen LogP contribution in [0, 0.1) is 0 Å². The van der Waals surface area contributed by atoms with Crippen LogP contribution in [0.25, 0.3) is 44.3 Å². The SMILES string of the molecule is CCOC(=O)Cc1cccc(-c2cc3cc(-c4ccc(-c5ccc(O)cc5)cc4)c(Cl)cc3[nH]c2=O)c1. The Bertz CT molecular complexity index is 1650. The van der Waals surface area contributed by atoms with Crippen molar-refractivity contribution in [3.63, 3.8) is 0 Å². The molecule has 0 radical (unpaired) electrons. The maximum atomic E-state index is 12.9. The number of hydrogen-bond acceptors (Lipinski definition) is 4. The molecule has 5 rings (SSSR count). The average molecular weight is 510 g/mol. The summed E-state index contributed by atoms with van der Waals surface area (Å²) in [5.41, 5.74) is 6.24. The number of rotatable bonds is 6. The third-order valence-corrected chi connectivity index (χ3v) is 6.53. The molecule has 0 aliphatic carbocycles. The van der Waals surface area contributed by atoms with Gasteiger partial charge in [-0.1, -0.05) is 72.3 Å². The molecule has 37 heavy (non-hydrogen) atoms. The molecule has 0 aliphatic heterocycles. The minimum atomic E-state index is -0.303. The van der Waals surface area contributed by atoms with Crippen LogP contribution >= 0.6 is 11.6 Å². The topological polar surface area (TPSA) is 79.4 Å². The molecule has 0 fully saturated rings. The van der Waals surface area contributed by atoms with Crippen LogP contribution in [-0.4, -0.2) is 22.7 Å². The summed E-state index contributed by atoms with van der Waals surface area (Å²) in [6.07, 6.45) is 0.146. The van der Waals surface area contributed by atoms with Crippen LogP contribution in [0.1, 0.15) is 12.5 Å². The van der Waals surface area contributed by atoms with E-state index in [1.165, 1.54) is 0 Å². The highest BCUT2D eigenvalue weighted by Gasteiger charge is 2.12. The molecule has 0 unspecified atom stereocenters. The molecule has 184 valence electrons. The van der Waals surface area contributed by atoms with Gasteiger partial charge in [0, 0.05) is 16.6 Å². The summed E-state index contributed by atoms with van der Waals surface area (Å²) >= 11 is 6.62. The third kappa shape index (κ3) is 5.27. The number of carbonyl (C=O) groups excluding carboxylic acids is 1. The molecule has 0 spiro atoms. The van der Waals surface area contributed by atoms with E-state index in [4.69, 9.17) is 16.3 Å². The molecule has 4 aromatic carbocycles. The van der Waals surface area contributed by atoms with Crippen molar-refractivity contribution in [2.45, 2.75) is 13.3 Å². The quantitative estimate of drug-likeness (QED) is 0.242. The lowest BCUT2D eigenvalue weighted by molar-refractivity contribution is -0.142. The van der Waals surface area contributed by atoms with E-state index >= 15 is 0 Å². The van der Waals surface area contributed by atoms with E-state index in [9.17, 15) is 14.7 Å². The fourth-order valence-corrected chi connectivity index (χ4v) is 4.66. The van der Waals surface area contributed by atoms with Gasteiger partial charge in [-0.15, -0.1) is 0 Å². The number of carbonyl (C=O) groups is 1. The summed E-state index contributed by atoms with van der Waals surface area (Å²) in [5, 5.41) is 10.9. The normalized spacial score (nSPS) is 11.0. The maximum absolute atomic E-state index is 12.9. The van der Waals surface area contributed by atoms with Gasteiger partial charge in [0.2, 0.25) is 0 Å². The molecule has 0 saturated heterocycles. The van der Waals surface area contributed by atoms with Crippen molar-refractivity contribution in [3.8, 4) is 39.1 Å². The molecule has 0 atom stereocenters. The molecule has 2 N–H and O–H groups in total. The zero-order valence-electron chi connectivity index (χ0n) is 20.1. The van der Waals surface area contributed by atoms with E-state index < -0.39 is 0 Å². The molecule has 6 heteroatoms. The Morgan fingerprint density at radius 3 is 2.19 bits per heavy atom. The second-order valence-electron chi connectivity index (χ2n) is 8.74. The van der Waals surface area contributed by atoms with Crippen molar-refractivity contribution in [3.05, 3.63) is 112 Å². The summed E-state index contributed by atoms with van der Waals surface area (Å²) < 4.78 is 5.05. The Morgan fingerprint density at radius 2 is 1.49 bits per heavy atom. The van der Waals surface area contributed by atoms with E-state index in [-0.39, 0.29) is 23.7 Å². The number of halogens is 1. The predicted molar refractivity (Wildman–Crippen MR) is 148 cm³/mol. The molecule has 1 heterocycles. The summed E-state index contributed by atoms with van der Waals surface area (Å²) in [4.78, 5) is 27.8. The molecule has 5 aromatic rings. The van der Waals surface area contributed by atoms with E-state index in [0.717, 1.165) is 38.8 Å². The van der Waals surface area contributed by atoms with Gasteiger partial charge in [0.1, 0.15) is 5.75 Å². The third-order valence-electron chi connectivity index (χ3n) is 6.22. The fraction of sp³-hybridized carbons (Fsp3) is 0.0968. The molecule has 0 bridgehead atoms.